The molecule has 0 aromatic carbocycles. The van der Waals surface area contributed by atoms with Gasteiger partial charge >= 0.3 is 0 Å². The highest BCUT2D eigenvalue weighted by Crippen LogP contribution is 2.42. The van der Waals surface area contributed by atoms with Crippen LogP contribution >= 0.6 is 11.3 Å². The molecule has 0 unspecified atom stereocenters. The number of carbonyl (C=O) groups excluding carboxylic acids is 1. The Labute approximate surface area is 122 Å². The summed E-state index contributed by atoms with van der Waals surface area (Å²) in [5.74, 6) is 0. The van der Waals surface area contributed by atoms with Crippen LogP contribution < -0.4 is 0 Å². The summed E-state index contributed by atoms with van der Waals surface area (Å²) in [4.78, 5) is 11.9. The van der Waals surface area contributed by atoms with Gasteiger partial charge in [-0.2, -0.15) is 0 Å². The summed E-state index contributed by atoms with van der Waals surface area (Å²) in [6, 6.07) is 1.94. The molecule has 0 fully saturated rings. The third-order valence-electron chi connectivity index (χ3n) is 3.98. The van der Waals surface area contributed by atoms with E-state index >= 15 is 0 Å². The van der Waals surface area contributed by atoms with Gasteiger partial charge in [-0.3, -0.25) is 4.79 Å². The fourth-order valence-electron chi connectivity index (χ4n) is 3.23. The Morgan fingerprint density at radius 1 is 1.16 bits per heavy atom. The van der Waals surface area contributed by atoms with Crippen LogP contribution in [0.25, 0.3) is 0 Å². The summed E-state index contributed by atoms with van der Waals surface area (Å²) in [6.45, 7) is 14.4. The van der Waals surface area contributed by atoms with Crippen LogP contribution in [0.15, 0.2) is 11.4 Å². The maximum atomic E-state index is 10.7. The molecule has 19 heavy (non-hydrogen) atoms. The van der Waals surface area contributed by atoms with E-state index in [9.17, 15) is 4.79 Å². The Balaban J connectivity index is 2.86. The Morgan fingerprint density at radius 3 is 2.05 bits per heavy atom. The zero-order chi connectivity index (χ0) is 14.6. The maximum Gasteiger partial charge on any atom is 0.200 e. The molecule has 0 aliphatic carbocycles. The molecule has 4 heteroatoms. The zero-order valence-electron chi connectivity index (χ0n) is 12.9. The Kier molecular flexibility index (Phi) is 5.96. The molecule has 0 saturated carbocycles. The maximum absolute atomic E-state index is 10.7. The number of carbonyl (C=O) groups is 1. The second-order valence-electron chi connectivity index (χ2n) is 6.07. The lowest BCUT2D eigenvalue weighted by molar-refractivity contribution is 0.112. The van der Waals surface area contributed by atoms with Crippen molar-refractivity contribution in [1.29, 1.82) is 0 Å². The lowest BCUT2D eigenvalue weighted by Crippen LogP contribution is -2.47. The first-order chi connectivity index (χ1) is 8.84. The molecule has 1 heterocycles. The van der Waals surface area contributed by atoms with Crippen molar-refractivity contribution in [2.75, 3.05) is 0 Å². The van der Waals surface area contributed by atoms with E-state index in [-0.39, 0.29) is 0 Å². The summed E-state index contributed by atoms with van der Waals surface area (Å²) in [6.07, 6.45) is 0.901. The summed E-state index contributed by atoms with van der Waals surface area (Å²) >= 11 is 1.62. The number of rotatable bonds is 7. The van der Waals surface area contributed by atoms with Crippen LogP contribution in [0.4, 0.5) is 0 Å². The molecule has 0 spiro atoms. The molecule has 0 aliphatic heterocycles. The standard InChI is InChI=1S/C15H26O2SSi/c1-11(2)19(12(3)4,13(5)6)17-9-15-7-14(8-16)10-18-15/h7-8,10-13H,9H2,1-6H3. The first-order valence-corrected chi connectivity index (χ1v) is 10.0. The first kappa shape index (κ1) is 16.6. The number of hydrogen-bond acceptors (Lipinski definition) is 3. The molecule has 0 saturated heterocycles. The van der Waals surface area contributed by atoms with Crippen LogP contribution in [0.1, 0.15) is 56.8 Å². The van der Waals surface area contributed by atoms with Crippen LogP contribution in [-0.4, -0.2) is 14.6 Å². The van der Waals surface area contributed by atoms with Crippen LogP contribution in [0.5, 0.6) is 0 Å². The SMILES string of the molecule is CC(C)[Si](OCc1cc(C=O)cs1)(C(C)C)C(C)C. The fourth-order valence-corrected chi connectivity index (χ4v) is 9.48. The van der Waals surface area contributed by atoms with Gasteiger partial charge in [0.15, 0.2) is 6.29 Å². The van der Waals surface area contributed by atoms with Gasteiger partial charge in [0, 0.05) is 15.8 Å². The van der Waals surface area contributed by atoms with Gasteiger partial charge in [-0.25, -0.2) is 0 Å². The van der Waals surface area contributed by atoms with Gasteiger partial charge in [0.2, 0.25) is 8.32 Å². The van der Waals surface area contributed by atoms with Crippen molar-refractivity contribution in [2.45, 2.75) is 64.8 Å². The molecule has 2 nitrogen and oxygen atoms in total. The monoisotopic (exact) mass is 298 g/mol. The van der Waals surface area contributed by atoms with Crippen molar-refractivity contribution < 1.29 is 9.22 Å². The fraction of sp³-hybridized carbons (Fsp3) is 0.667. The molecule has 0 aliphatic rings. The number of aldehydes is 1. The number of hydrogen-bond donors (Lipinski definition) is 0. The minimum atomic E-state index is -1.79. The molecule has 108 valence electrons. The summed E-state index contributed by atoms with van der Waals surface area (Å²) < 4.78 is 6.49. The molecule has 0 amide bonds. The lowest BCUT2D eigenvalue weighted by atomic mass is 10.3. The van der Waals surface area contributed by atoms with Crippen molar-refractivity contribution in [3.8, 4) is 0 Å². The summed E-state index contributed by atoms with van der Waals surface area (Å²) in [5, 5.41) is 1.90. The second kappa shape index (κ2) is 6.82. The lowest BCUT2D eigenvalue weighted by Gasteiger charge is -2.42. The third kappa shape index (κ3) is 3.55. The zero-order valence-corrected chi connectivity index (χ0v) is 14.7. The highest BCUT2D eigenvalue weighted by molar-refractivity contribution is 7.10. The molecule has 1 aromatic heterocycles. The molecule has 0 radical (unpaired) electrons. The van der Waals surface area contributed by atoms with Gasteiger partial charge in [-0.05, 0) is 22.7 Å². The quantitative estimate of drug-likeness (QED) is 0.507. The average Bonchev–Trinajstić information content (AvgIpc) is 2.76. The molecule has 1 rings (SSSR count). The molecule has 0 atom stereocenters. The highest BCUT2D eigenvalue weighted by atomic mass is 32.1. The molecule has 0 bridgehead atoms. The van der Waals surface area contributed by atoms with Gasteiger partial charge in [-0.15, -0.1) is 11.3 Å². The molecular weight excluding hydrogens is 272 g/mol. The van der Waals surface area contributed by atoms with Gasteiger partial charge in [-0.1, -0.05) is 41.5 Å². The molecule has 0 N–H and O–H groups in total. The first-order valence-electron chi connectivity index (χ1n) is 7.01. The van der Waals surface area contributed by atoms with E-state index in [2.05, 4.69) is 41.5 Å². The van der Waals surface area contributed by atoms with Crippen molar-refractivity contribution in [1.82, 2.24) is 0 Å². The van der Waals surface area contributed by atoms with Gasteiger partial charge in [0.25, 0.3) is 0 Å². The normalized spacial score (nSPS) is 12.7. The van der Waals surface area contributed by atoms with Gasteiger partial charge in [0.05, 0.1) is 6.61 Å². The largest absolute Gasteiger partial charge is 0.411 e. The number of thiophene rings is 1. The van der Waals surface area contributed by atoms with Gasteiger partial charge < -0.3 is 4.43 Å². The summed E-state index contributed by atoms with van der Waals surface area (Å²) in [5.41, 5.74) is 2.54. The third-order valence-corrected chi connectivity index (χ3v) is 11.0. The van der Waals surface area contributed by atoms with E-state index in [0.717, 1.165) is 16.7 Å². The van der Waals surface area contributed by atoms with Crippen molar-refractivity contribution in [3.63, 3.8) is 0 Å². The average molecular weight is 299 g/mol. The highest BCUT2D eigenvalue weighted by Gasteiger charge is 2.44. The Morgan fingerprint density at radius 2 is 1.68 bits per heavy atom. The van der Waals surface area contributed by atoms with E-state index in [0.29, 0.717) is 23.2 Å². The van der Waals surface area contributed by atoms with E-state index in [4.69, 9.17) is 4.43 Å². The smallest absolute Gasteiger partial charge is 0.200 e. The minimum Gasteiger partial charge on any atom is -0.411 e. The van der Waals surface area contributed by atoms with Gasteiger partial charge in [0.1, 0.15) is 0 Å². The van der Waals surface area contributed by atoms with Crippen LogP contribution in [0.2, 0.25) is 16.6 Å². The molecule has 1 aromatic rings. The van der Waals surface area contributed by atoms with Crippen molar-refractivity contribution in [2.24, 2.45) is 0 Å². The van der Waals surface area contributed by atoms with Crippen molar-refractivity contribution >= 4 is 25.9 Å². The van der Waals surface area contributed by atoms with Crippen LogP contribution in [0, 0.1) is 0 Å². The predicted molar refractivity (Wildman–Crippen MR) is 85.5 cm³/mol. The van der Waals surface area contributed by atoms with Crippen molar-refractivity contribution in [3.05, 3.63) is 21.9 Å². The van der Waals surface area contributed by atoms with E-state index in [1.54, 1.807) is 11.3 Å². The van der Waals surface area contributed by atoms with E-state index in [1.807, 2.05) is 11.4 Å². The predicted octanol–water partition coefficient (Wildman–Crippen LogP) is 5.25. The molecular formula is C15H26O2SSi. The summed E-state index contributed by atoms with van der Waals surface area (Å²) in [7, 11) is -1.79. The Hall–Kier alpha value is -0.453. The topological polar surface area (TPSA) is 26.3 Å². The Bertz CT molecular complexity index is 388. The van der Waals surface area contributed by atoms with E-state index in [1.165, 1.54) is 0 Å². The van der Waals surface area contributed by atoms with Crippen LogP contribution in [0.3, 0.4) is 0 Å². The van der Waals surface area contributed by atoms with E-state index < -0.39 is 8.32 Å². The minimum absolute atomic E-state index is 0.595. The van der Waals surface area contributed by atoms with Crippen LogP contribution in [-0.2, 0) is 11.0 Å². The second-order valence-corrected chi connectivity index (χ2v) is 12.5.